The van der Waals surface area contributed by atoms with Crippen molar-refractivity contribution >= 4 is 29.0 Å². The average Bonchev–Trinajstić information content (AvgIpc) is 2.71. The molecule has 6 nitrogen and oxygen atoms in total. The quantitative estimate of drug-likeness (QED) is 0.566. The molecule has 1 heterocycles. The molecule has 3 N–H and O–H groups in total. The SMILES string of the molecule is CC(=O)Nc1ccc(NC(=O)c2ccc(NCCc3ccccc3F)nc2)cc1. The van der Waals surface area contributed by atoms with E-state index in [1.807, 2.05) is 0 Å². The summed E-state index contributed by atoms with van der Waals surface area (Å²) in [5.74, 6) is -0.0601. The van der Waals surface area contributed by atoms with Crippen LogP contribution in [0.2, 0.25) is 0 Å². The van der Waals surface area contributed by atoms with Gasteiger partial charge in [0.05, 0.1) is 5.56 Å². The van der Waals surface area contributed by atoms with Gasteiger partial charge in [0, 0.05) is 31.0 Å². The number of benzene rings is 2. The minimum atomic E-state index is -0.289. The molecule has 3 aromatic rings. The van der Waals surface area contributed by atoms with Gasteiger partial charge in [0.1, 0.15) is 11.6 Å². The molecule has 2 aromatic carbocycles. The van der Waals surface area contributed by atoms with Gasteiger partial charge >= 0.3 is 0 Å². The molecule has 0 bridgehead atoms. The van der Waals surface area contributed by atoms with E-state index in [2.05, 4.69) is 20.9 Å². The largest absolute Gasteiger partial charge is 0.370 e. The van der Waals surface area contributed by atoms with Crippen molar-refractivity contribution in [1.29, 1.82) is 0 Å². The van der Waals surface area contributed by atoms with Gasteiger partial charge in [0.25, 0.3) is 5.91 Å². The first-order valence-electron chi connectivity index (χ1n) is 9.13. The topological polar surface area (TPSA) is 83.1 Å². The number of carbonyl (C=O) groups is 2. The van der Waals surface area contributed by atoms with Gasteiger partial charge in [-0.2, -0.15) is 0 Å². The third-order valence-electron chi connectivity index (χ3n) is 4.15. The van der Waals surface area contributed by atoms with Crippen LogP contribution < -0.4 is 16.0 Å². The van der Waals surface area contributed by atoms with Crippen LogP contribution in [0.5, 0.6) is 0 Å². The third kappa shape index (κ3) is 5.87. The Bertz CT molecular complexity index is 988. The standard InChI is InChI=1S/C22H21FN4O2/c1-15(28)26-18-7-9-19(10-8-18)27-22(29)17-6-11-21(25-14-17)24-13-12-16-4-2-3-5-20(16)23/h2-11,14H,12-13H2,1H3,(H,24,25)(H,26,28)(H,27,29). The van der Waals surface area contributed by atoms with Gasteiger partial charge in [-0.05, 0) is 54.4 Å². The summed E-state index contributed by atoms with van der Waals surface area (Å²) in [7, 11) is 0. The lowest BCUT2D eigenvalue weighted by molar-refractivity contribution is -0.114. The highest BCUT2D eigenvalue weighted by Crippen LogP contribution is 2.15. The van der Waals surface area contributed by atoms with Gasteiger partial charge in [-0.1, -0.05) is 18.2 Å². The van der Waals surface area contributed by atoms with Gasteiger partial charge in [0.2, 0.25) is 5.91 Å². The van der Waals surface area contributed by atoms with Crippen LogP contribution >= 0.6 is 0 Å². The van der Waals surface area contributed by atoms with Gasteiger partial charge in [-0.3, -0.25) is 9.59 Å². The fraction of sp³-hybridized carbons (Fsp3) is 0.136. The lowest BCUT2D eigenvalue weighted by atomic mass is 10.1. The number of halogens is 1. The Balaban J connectivity index is 1.52. The molecule has 3 rings (SSSR count). The van der Waals surface area contributed by atoms with Crippen LogP contribution in [0.25, 0.3) is 0 Å². The molecule has 29 heavy (non-hydrogen) atoms. The van der Waals surface area contributed by atoms with Crippen molar-refractivity contribution < 1.29 is 14.0 Å². The van der Waals surface area contributed by atoms with Crippen molar-refractivity contribution in [3.63, 3.8) is 0 Å². The summed E-state index contributed by atoms with van der Waals surface area (Å²) in [6, 6.07) is 16.8. The van der Waals surface area contributed by atoms with E-state index in [0.717, 1.165) is 0 Å². The van der Waals surface area contributed by atoms with Crippen LogP contribution in [0.15, 0.2) is 66.9 Å². The Morgan fingerprint density at radius 3 is 2.24 bits per heavy atom. The van der Waals surface area contributed by atoms with Crippen LogP contribution in [-0.4, -0.2) is 23.3 Å². The van der Waals surface area contributed by atoms with E-state index < -0.39 is 0 Å². The smallest absolute Gasteiger partial charge is 0.257 e. The molecule has 0 saturated carbocycles. The molecule has 0 saturated heterocycles. The molecular formula is C22H21FN4O2. The molecule has 0 aliphatic heterocycles. The molecule has 7 heteroatoms. The first kappa shape index (κ1) is 20.0. The zero-order valence-corrected chi connectivity index (χ0v) is 15.9. The van der Waals surface area contributed by atoms with E-state index in [1.165, 1.54) is 19.2 Å². The van der Waals surface area contributed by atoms with Gasteiger partial charge in [0.15, 0.2) is 0 Å². The molecule has 148 valence electrons. The summed E-state index contributed by atoms with van der Waals surface area (Å²) in [6.07, 6.45) is 2.01. The lowest BCUT2D eigenvalue weighted by Gasteiger charge is -2.09. The molecule has 0 aliphatic carbocycles. The van der Waals surface area contributed by atoms with Crippen molar-refractivity contribution in [3.05, 3.63) is 83.8 Å². The van der Waals surface area contributed by atoms with E-state index >= 15 is 0 Å². The third-order valence-corrected chi connectivity index (χ3v) is 4.15. The molecule has 0 radical (unpaired) electrons. The summed E-state index contributed by atoms with van der Waals surface area (Å²) in [6.45, 7) is 1.96. The van der Waals surface area contributed by atoms with Crippen LogP contribution in [-0.2, 0) is 11.2 Å². The molecular weight excluding hydrogens is 371 g/mol. The maximum atomic E-state index is 13.6. The average molecular weight is 392 g/mol. The fourth-order valence-corrected chi connectivity index (χ4v) is 2.70. The molecule has 0 spiro atoms. The zero-order chi connectivity index (χ0) is 20.6. The molecule has 0 atom stereocenters. The highest BCUT2D eigenvalue weighted by Gasteiger charge is 2.07. The monoisotopic (exact) mass is 392 g/mol. The number of nitrogens with zero attached hydrogens (tertiary/aromatic N) is 1. The van der Waals surface area contributed by atoms with Gasteiger partial charge < -0.3 is 16.0 Å². The van der Waals surface area contributed by atoms with Crippen LogP contribution in [0.3, 0.4) is 0 Å². The van der Waals surface area contributed by atoms with Crippen molar-refractivity contribution in [1.82, 2.24) is 4.98 Å². The number of aromatic nitrogens is 1. The van der Waals surface area contributed by atoms with Crippen LogP contribution in [0, 0.1) is 5.82 Å². The Morgan fingerprint density at radius 1 is 0.931 bits per heavy atom. The number of rotatable bonds is 7. The van der Waals surface area contributed by atoms with E-state index in [1.54, 1.807) is 54.6 Å². The second-order valence-electron chi connectivity index (χ2n) is 6.41. The number of pyridine rings is 1. The highest BCUT2D eigenvalue weighted by atomic mass is 19.1. The molecule has 0 unspecified atom stereocenters. The van der Waals surface area contributed by atoms with E-state index in [0.29, 0.717) is 41.3 Å². The van der Waals surface area contributed by atoms with Crippen molar-refractivity contribution in [2.75, 3.05) is 22.5 Å². The first-order chi connectivity index (χ1) is 14.0. The van der Waals surface area contributed by atoms with Crippen molar-refractivity contribution in [3.8, 4) is 0 Å². The summed E-state index contributed by atoms with van der Waals surface area (Å²) >= 11 is 0. The van der Waals surface area contributed by atoms with Gasteiger partial charge in [-0.15, -0.1) is 0 Å². The van der Waals surface area contributed by atoms with Crippen molar-refractivity contribution in [2.24, 2.45) is 0 Å². The van der Waals surface area contributed by atoms with Crippen molar-refractivity contribution in [2.45, 2.75) is 13.3 Å². The maximum Gasteiger partial charge on any atom is 0.257 e. The second-order valence-corrected chi connectivity index (χ2v) is 6.41. The Labute approximate surface area is 168 Å². The Morgan fingerprint density at radius 2 is 1.62 bits per heavy atom. The van der Waals surface area contributed by atoms with E-state index in [4.69, 9.17) is 0 Å². The number of anilines is 3. The predicted octanol–water partition coefficient (Wildman–Crippen LogP) is 4.09. The van der Waals surface area contributed by atoms with Gasteiger partial charge in [-0.25, -0.2) is 9.37 Å². The maximum absolute atomic E-state index is 13.6. The van der Waals surface area contributed by atoms with E-state index in [-0.39, 0.29) is 17.6 Å². The summed E-state index contributed by atoms with van der Waals surface area (Å²) in [4.78, 5) is 27.6. The predicted molar refractivity (Wildman–Crippen MR) is 112 cm³/mol. The first-order valence-corrected chi connectivity index (χ1v) is 9.13. The zero-order valence-electron chi connectivity index (χ0n) is 15.9. The number of nitrogens with one attached hydrogen (secondary N) is 3. The summed E-state index contributed by atoms with van der Waals surface area (Å²) in [5.41, 5.74) is 2.32. The lowest BCUT2D eigenvalue weighted by Crippen LogP contribution is -2.13. The Kier molecular flexibility index (Phi) is 6.52. The van der Waals surface area contributed by atoms with E-state index in [9.17, 15) is 14.0 Å². The molecule has 0 fully saturated rings. The molecule has 0 aliphatic rings. The number of amides is 2. The minimum Gasteiger partial charge on any atom is -0.370 e. The number of hydrogen-bond donors (Lipinski definition) is 3. The number of hydrogen-bond acceptors (Lipinski definition) is 4. The fourth-order valence-electron chi connectivity index (χ4n) is 2.70. The normalized spacial score (nSPS) is 10.3. The molecule has 1 aromatic heterocycles. The molecule has 2 amide bonds. The second kappa shape index (κ2) is 9.45. The summed E-state index contributed by atoms with van der Waals surface area (Å²) in [5, 5.41) is 8.55. The number of carbonyl (C=O) groups excluding carboxylic acids is 2. The summed E-state index contributed by atoms with van der Waals surface area (Å²) < 4.78 is 13.6. The highest BCUT2D eigenvalue weighted by molar-refractivity contribution is 6.04. The van der Waals surface area contributed by atoms with Crippen LogP contribution in [0.4, 0.5) is 21.6 Å². The Hall–Kier alpha value is -3.74. The minimum absolute atomic E-state index is 0.157. The van der Waals surface area contributed by atoms with Crippen LogP contribution in [0.1, 0.15) is 22.8 Å².